The molecule has 1 atom stereocenters. The predicted molar refractivity (Wildman–Crippen MR) is 86.7 cm³/mol. The molecule has 3 aromatic rings. The second-order valence-electron chi connectivity index (χ2n) is 5.03. The van der Waals surface area contributed by atoms with Gasteiger partial charge in [-0.25, -0.2) is 0 Å². The van der Waals surface area contributed by atoms with Crippen molar-refractivity contribution in [2.45, 2.75) is 13.0 Å². The molecule has 0 aliphatic carbocycles. The normalized spacial score (nSPS) is 12.5. The van der Waals surface area contributed by atoms with E-state index < -0.39 is 0 Å². The summed E-state index contributed by atoms with van der Waals surface area (Å²) in [7, 11) is 1.93. The van der Waals surface area contributed by atoms with E-state index in [0.29, 0.717) is 11.7 Å². The first-order valence-corrected chi connectivity index (χ1v) is 7.07. The first kappa shape index (κ1) is 13.8. The maximum atomic E-state index is 6.26. The number of anilines is 2. The Kier molecular flexibility index (Phi) is 3.47. The number of fused-ring (bicyclic) bond motifs is 1. The Hall–Kier alpha value is -2.20. The fourth-order valence-electron chi connectivity index (χ4n) is 2.27. The maximum absolute atomic E-state index is 6.26. The average molecular weight is 302 g/mol. The van der Waals surface area contributed by atoms with Crippen LogP contribution in [-0.4, -0.2) is 12.0 Å². The molecule has 0 bridgehead atoms. The predicted octanol–water partition coefficient (Wildman–Crippen LogP) is 4.26. The molecule has 3 rings (SSSR count). The van der Waals surface area contributed by atoms with Gasteiger partial charge < -0.3 is 15.1 Å². The molecule has 2 aromatic carbocycles. The van der Waals surface area contributed by atoms with Crippen molar-refractivity contribution in [2.24, 2.45) is 0 Å². The number of hydrogen-bond acceptors (Lipinski definition) is 4. The number of halogens is 1. The lowest BCUT2D eigenvalue weighted by atomic mass is 10.1. The van der Waals surface area contributed by atoms with Crippen LogP contribution in [0.5, 0.6) is 0 Å². The van der Waals surface area contributed by atoms with Gasteiger partial charge in [0, 0.05) is 17.8 Å². The number of aromatic nitrogens is 1. The second-order valence-corrected chi connectivity index (χ2v) is 5.44. The van der Waals surface area contributed by atoms with Gasteiger partial charge in [-0.15, -0.1) is 0 Å². The highest BCUT2D eigenvalue weighted by Gasteiger charge is 2.19. The minimum Gasteiger partial charge on any atom is -0.423 e. The Bertz CT molecular complexity index is 784. The van der Waals surface area contributed by atoms with Crippen LogP contribution in [0.15, 0.2) is 46.9 Å². The van der Waals surface area contributed by atoms with Crippen LogP contribution in [0.25, 0.3) is 11.1 Å². The number of benzene rings is 2. The number of rotatable bonds is 3. The van der Waals surface area contributed by atoms with Crippen molar-refractivity contribution in [2.75, 3.05) is 17.7 Å². The Morgan fingerprint density at radius 2 is 2.00 bits per heavy atom. The van der Waals surface area contributed by atoms with Crippen LogP contribution in [0.1, 0.15) is 18.5 Å². The molecule has 0 fully saturated rings. The Labute approximate surface area is 128 Å². The van der Waals surface area contributed by atoms with Crippen molar-refractivity contribution in [3.8, 4) is 0 Å². The lowest BCUT2D eigenvalue weighted by Gasteiger charge is -2.24. The highest BCUT2D eigenvalue weighted by Crippen LogP contribution is 2.31. The summed E-state index contributed by atoms with van der Waals surface area (Å²) in [6, 6.07) is 13.8. The minimum absolute atomic E-state index is 0.0455. The van der Waals surface area contributed by atoms with Gasteiger partial charge in [0.2, 0.25) is 0 Å². The number of hydrogen-bond donors (Lipinski definition) is 1. The molecule has 0 saturated carbocycles. The summed E-state index contributed by atoms with van der Waals surface area (Å²) < 4.78 is 5.78. The van der Waals surface area contributed by atoms with E-state index in [1.165, 1.54) is 0 Å². The van der Waals surface area contributed by atoms with E-state index in [2.05, 4.69) is 11.9 Å². The largest absolute Gasteiger partial charge is 0.423 e. The molecule has 2 N–H and O–H groups in total. The Morgan fingerprint density at radius 1 is 1.24 bits per heavy atom. The van der Waals surface area contributed by atoms with Crippen LogP contribution >= 0.6 is 11.6 Å². The standard InChI is InChI=1S/C16H16ClN3O/c1-10(12-5-3-4-6-13(12)17)20(2)16-19-14-9-11(18)7-8-15(14)21-16/h3-10H,18H2,1-2H3. The summed E-state index contributed by atoms with van der Waals surface area (Å²) in [5.41, 5.74) is 8.94. The number of nitrogens with two attached hydrogens (primary N) is 1. The van der Waals surface area contributed by atoms with Gasteiger partial charge in [-0.05, 0) is 36.8 Å². The molecular formula is C16H16ClN3O. The lowest BCUT2D eigenvalue weighted by Crippen LogP contribution is -2.22. The van der Waals surface area contributed by atoms with E-state index in [1.54, 1.807) is 12.1 Å². The van der Waals surface area contributed by atoms with Crippen molar-refractivity contribution in [1.29, 1.82) is 0 Å². The summed E-state index contributed by atoms with van der Waals surface area (Å²) in [5.74, 6) is 0. The molecule has 5 heteroatoms. The van der Waals surface area contributed by atoms with Gasteiger partial charge >= 0.3 is 0 Å². The zero-order valence-electron chi connectivity index (χ0n) is 11.9. The number of oxazole rings is 1. The quantitative estimate of drug-likeness (QED) is 0.734. The van der Waals surface area contributed by atoms with Crippen LogP contribution < -0.4 is 10.6 Å². The molecule has 4 nitrogen and oxygen atoms in total. The van der Waals surface area contributed by atoms with E-state index in [0.717, 1.165) is 21.7 Å². The zero-order chi connectivity index (χ0) is 15.0. The van der Waals surface area contributed by atoms with Crippen LogP contribution in [0, 0.1) is 0 Å². The van der Waals surface area contributed by atoms with Crippen molar-refractivity contribution in [1.82, 2.24) is 4.98 Å². The van der Waals surface area contributed by atoms with E-state index in [9.17, 15) is 0 Å². The Balaban J connectivity index is 1.96. The molecule has 0 saturated heterocycles. The maximum Gasteiger partial charge on any atom is 0.298 e. The third kappa shape index (κ3) is 2.54. The fraction of sp³-hybridized carbons (Fsp3) is 0.188. The van der Waals surface area contributed by atoms with Crippen molar-refractivity contribution in [3.63, 3.8) is 0 Å². The highest BCUT2D eigenvalue weighted by molar-refractivity contribution is 6.31. The van der Waals surface area contributed by atoms with E-state index in [4.69, 9.17) is 21.8 Å². The molecule has 0 aliphatic heterocycles. The average Bonchev–Trinajstić information content (AvgIpc) is 2.89. The molecule has 0 spiro atoms. The molecule has 1 heterocycles. The van der Waals surface area contributed by atoms with E-state index in [-0.39, 0.29) is 6.04 Å². The third-order valence-corrected chi connectivity index (χ3v) is 3.98. The van der Waals surface area contributed by atoms with Crippen LogP contribution in [-0.2, 0) is 0 Å². The molecule has 1 aromatic heterocycles. The van der Waals surface area contributed by atoms with E-state index >= 15 is 0 Å². The van der Waals surface area contributed by atoms with Crippen molar-refractivity contribution in [3.05, 3.63) is 53.1 Å². The molecule has 0 amide bonds. The zero-order valence-corrected chi connectivity index (χ0v) is 12.6. The van der Waals surface area contributed by atoms with Gasteiger partial charge in [0.15, 0.2) is 5.58 Å². The van der Waals surface area contributed by atoms with Gasteiger partial charge in [0.05, 0.1) is 6.04 Å². The summed E-state index contributed by atoms with van der Waals surface area (Å²) in [4.78, 5) is 6.44. The summed E-state index contributed by atoms with van der Waals surface area (Å²) >= 11 is 6.26. The first-order valence-electron chi connectivity index (χ1n) is 6.69. The van der Waals surface area contributed by atoms with Crippen molar-refractivity contribution >= 4 is 34.4 Å². The smallest absolute Gasteiger partial charge is 0.298 e. The van der Waals surface area contributed by atoms with Gasteiger partial charge in [0.1, 0.15) is 5.52 Å². The minimum atomic E-state index is 0.0455. The number of nitrogen functional groups attached to an aromatic ring is 1. The summed E-state index contributed by atoms with van der Waals surface area (Å²) in [5, 5.41) is 0.734. The molecule has 108 valence electrons. The monoisotopic (exact) mass is 301 g/mol. The summed E-state index contributed by atoms with van der Waals surface area (Å²) in [6.07, 6.45) is 0. The molecule has 21 heavy (non-hydrogen) atoms. The van der Waals surface area contributed by atoms with Gasteiger partial charge in [-0.2, -0.15) is 4.98 Å². The fourth-order valence-corrected chi connectivity index (χ4v) is 2.56. The van der Waals surface area contributed by atoms with Crippen LogP contribution in [0.4, 0.5) is 11.7 Å². The Morgan fingerprint density at radius 3 is 2.76 bits per heavy atom. The highest BCUT2D eigenvalue weighted by atomic mass is 35.5. The van der Waals surface area contributed by atoms with Crippen LogP contribution in [0.2, 0.25) is 5.02 Å². The number of nitrogens with zero attached hydrogens (tertiary/aromatic N) is 2. The molecular weight excluding hydrogens is 286 g/mol. The molecule has 1 unspecified atom stereocenters. The third-order valence-electron chi connectivity index (χ3n) is 3.64. The SMILES string of the molecule is CC(c1ccccc1Cl)N(C)c1nc2cc(N)ccc2o1. The molecule has 0 aliphatic rings. The van der Waals surface area contributed by atoms with Crippen molar-refractivity contribution < 1.29 is 4.42 Å². The topological polar surface area (TPSA) is 55.3 Å². The van der Waals surface area contributed by atoms with Gasteiger partial charge in [-0.1, -0.05) is 29.8 Å². The first-order chi connectivity index (χ1) is 10.1. The lowest BCUT2D eigenvalue weighted by molar-refractivity contribution is 0.557. The molecule has 0 radical (unpaired) electrons. The second kappa shape index (κ2) is 5.30. The van der Waals surface area contributed by atoms with E-state index in [1.807, 2.05) is 42.3 Å². The summed E-state index contributed by atoms with van der Waals surface area (Å²) in [6.45, 7) is 2.06. The van der Waals surface area contributed by atoms with Gasteiger partial charge in [0.25, 0.3) is 6.01 Å². The van der Waals surface area contributed by atoms with Gasteiger partial charge in [-0.3, -0.25) is 0 Å². The van der Waals surface area contributed by atoms with Crippen LogP contribution in [0.3, 0.4) is 0 Å².